The summed E-state index contributed by atoms with van der Waals surface area (Å²) < 4.78 is 31.8. The molecule has 0 aromatic heterocycles. The van der Waals surface area contributed by atoms with Crippen molar-refractivity contribution in [1.82, 2.24) is 10.0 Å². The first-order valence-electron chi connectivity index (χ1n) is 9.42. The van der Waals surface area contributed by atoms with Crippen LogP contribution < -0.4 is 10.0 Å². The second kappa shape index (κ2) is 8.39. The Labute approximate surface area is 159 Å². The van der Waals surface area contributed by atoms with Gasteiger partial charge in [-0.15, -0.1) is 0 Å². The van der Waals surface area contributed by atoms with E-state index in [2.05, 4.69) is 17.0 Å². The van der Waals surface area contributed by atoms with Crippen LogP contribution in [0.5, 0.6) is 0 Å². The van der Waals surface area contributed by atoms with Crippen molar-refractivity contribution in [2.75, 3.05) is 6.61 Å². The lowest BCUT2D eigenvalue weighted by Crippen LogP contribution is -2.39. The Morgan fingerprint density at radius 2 is 1.59 bits per heavy atom. The highest BCUT2D eigenvalue weighted by Gasteiger charge is 2.28. The van der Waals surface area contributed by atoms with Gasteiger partial charge in [0.2, 0.25) is 10.0 Å². The van der Waals surface area contributed by atoms with Crippen LogP contribution in [0.1, 0.15) is 55.8 Å². The summed E-state index contributed by atoms with van der Waals surface area (Å²) in [7, 11) is -3.55. The van der Waals surface area contributed by atoms with Gasteiger partial charge in [0.15, 0.2) is 6.61 Å². The van der Waals surface area contributed by atoms with Gasteiger partial charge < -0.3 is 10.1 Å². The molecule has 2 saturated carbocycles. The lowest BCUT2D eigenvalue weighted by molar-refractivity contribution is -0.125. The Morgan fingerprint density at radius 1 is 1.00 bits per heavy atom. The molecule has 2 aliphatic rings. The molecule has 0 saturated heterocycles. The second-order valence-corrected chi connectivity index (χ2v) is 9.23. The zero-order valence-electron chi connectivity index (χ0n) is 15.4. The first-order valence-corrected chi connectivity index (χ1v) is 10.9. The summed E-state index contributed by atoms with van der Waals surface area (Å²) >= 11 is 0. The van der Waals surface area contributed by atoms with E-state index in [0.29, 0.717) is 5.92 Å². The number of nitrogens with one attached hydrogen (secondary N) is 2. The number of rotatable bonds is 7. The Kier molecular flexibility index (Phi) is 6.16. The minimum atomic E-state index is -3.55. The molecule has 27 heavy (non-hydrogen) atoms. The number of amides is 1. The maximum atomic E-state index is 12.1. The third-order valence-electron chi connectivity index (χ3n) is 5.01. The highest BCUT2D eigenvalue weighted by Crippen LogP contribution is 2.23. The minimum Gasteiger partial charge on any atom is -0.452 e. The zero-order valence-corrected chi connectivity index (χ0v) is 16.3. The van der Waals surface area contributed by atoms with Gasteiger partial charge in [-0.05, 0) is 68.7 Å². The van der Waals surface area contributed by atoms with Crippen molar-refractivity contribution in [3.63, 3.8) is 0 Å². The lowest BCUT2D eigenvalue weighted by atomic mass is 9.87. The van der Waals surface area contributed by atoms with Gasteiger partial charge in [0, 0.05) is 12.1 Å². The summed E-state index contributed by atoms with van der Waals surface area (Å²) in [5.41, 5.74) is 0.208. The molecule has 7 nitrogen and oxygen atoms in total. The molecule has 1 aromatic rings. The van der Waals surface area contributed by atoms with Gasteiger partial charge in [-0.25, -0.2) is 17.9 Å². The van der Waals surface area contributed by atoms with Crippen molar-refractivity contribution in [3.8, 4) is 0 Å². The quantitative estimate of drug-likeness (QED) is 0.689. The van der Waals surface area contributed by atoms with E-state index < -0.39 is 16.0 Å². The van der Waals surface area contributed by atoms with Gasteiger partial charge in [-0.1, -0.05) is 6.92 Å². The number of esters is 1. The highest BCUT2D eigenvalue weighted by atomic mass is 32.2. The molecule has 2 N–H and O–H groups in total. The molecule has 2 fully saturated rings. The van der Waals surface area contributed by atoms with E-state index in [4.69, 9.17) is 4.74 Å². The van der Waals surface area contributed by atoms with Gasteiger partial charge in [-0.3, -0.25) is 4.79 Å². The lowest BCUT2D eigenvalue weighted by Gasteiger charge is -2.26. The molecule has 0 spiro atoms. The third kappa shape index (κ3) is 5.77. The first-order chi connectivity index (χ1) is 12.8. The van der Waals surface area contributed by atoms with Crippen LogP contribution in [0.15, 0.2) is 29.2 Å². The summed E-state index contributed by atoms with van der Waals surface area (Å²) in [6, 6.07) is 5.69. The van der Waals surface area contributed by atoms with Crippen LogP contribution in [-0.2, 0) is 19.6 Å². The summed E-state index contributed by atoms with van der Waals surface area (Å²) in [6.07, 6.45) is 5.79. The maximum Gasteiger partial charge on any atom is 0.338 e. The van der Waals surface area contributed by atoms with Crippen LogP contribution in [0.2, 0.25) is 0 Å². The van der Waals surface area contributed by atoms with Crippen molar-refractivity contribution in [2.24, 2.45) is 5.92 Å². The summed E-state index contributed by atoms with van der Waals surface area (Å²) in [5.74, 6) is -0.264. The van der Waals surface area contributed by atoms with Crippen LogP contribution in [0.25, 0.3) is 0 Å². The van der Waals surface area contributed by atoms with Crippen LogP contribution in [0, 0.1) is 5.92 Å². The molecule has 2 aliphatic carbocycles. The number of benzene rings is 1. The summed E-state index contributed by atoms with van der Waals surface area (Å²) in [6.45, 7) is 1.87. The van der Waals surface area contributed by atoms with E-state index in [0.717, 1.165) is 38.5 Å². The number of ether oxygens (including phenoxy) is 1. The maximum absolute atomic E-state index is 12.1. The topological polar surface area (TPSA) is 102 Å². The predicted octanol–water partition coefficient (Wildman–Crippen LogP) is 1.98. The fourth-order valence-electron chi connectivity index (χ4n) is 3.15. The number of sulfonamides is 1. The Hall–Kier alpha value is -1.93. The van der Waals surface area contributed by atoms with Crippen LogP contribution >= 0.6 is 0 Å². The van der Waals surface area contributed by atoms with E-state index in [-0.39, 0.29) is 35.1 Å². The van der Waals surface area contributed by atoms with Gasteiger partial charge in [0.1, 0.15) is 0 Å². The summed E-state index contributed by atoms with van der Waals surface area (Å²) in [5, 5.41) is 2.90. The monoisotopic (exact) mass is 394 g/mol. The highest BCUT2D eigenvalue weighted by molar-refractivity contribution is 7.89. The second-order valence-electron chi connectivity index (χ2n) is 7.52. The average molecular weight is 394 g/mol. The van der Waals surface area contributed by atoms with Gasteiger partial charge in [0.05, 0.1) is 10.5 Å². The van der Waals surface area contributed by atoms with Crippen LogP contribution in [-0.4, -0.2) is 39.0 Å². The fraction of sp³-hybridized carbons (Fsp3) is 0.579. The molecular formula is C19H26N2O5S. The van der Waals surface area contributed by atoms with E-state index in [1.165, 1.54) is 24.3 Å². The van der Waals surface area contributed by atoms with Gasteiger partial charge in [0.25, 0.3) is 5.91 Å². The summed E-state index contributed by atoms with van der Waals surface area (Å²) in [4.78, 5) is 24.1. The van der Waals surface area contributed by atoms with E-state index in [9.17, 15) is 18.0 Å². The van der Waals surface area contributed by atoms with E-state index in [1.807, 2.05) is 0 Å². The third-order valence-corrected chi connectivity index (χ3v) is 6.55. The van der Waals surface area contributed by atoms with Crippen molar-refractivity contribution in [1.29, 1.82) is 0 Å². The normalized spacial score (nSPS) is 22.9. The van der Waals surface area contributed by atoms with Crippen molar-refractivity contribution >= 4 is 21.9 Å². The molecule has 0 radical (unpaired) electrons. The number of carbonyl (C=O) groups is 2. The smallest absolute Gasteiger partial charge is 0.338 e. The van der Waals surface area contributed by atoms with Crippen LogP contribution in [0.4, 0.5) is 0 Å². The van der Waals surface area contributed by atoms with Gasteiger partial charge >= 0.3 is 5.97 Å². The molecule has 0 aliphatic heterocycles. The number of carbonyl (C=O) groups excluding carboxylic acids is 2. The predicted molar refractivity (Wildman–Crippen MR) is 99.6 cm³/mol. The average Bonchev–Trinajstić information content (AvgIpc) is 3.45. The molecule has 0 heterocycles. The zero-order chi connectivity index (χ0) is 19.4. The van der Waals surface area contributed by atoms with Crippen molar-refractivity contribution in [3.05, 3.63) is 29.8 Å². The van der Waals surface area contributed by atoms with Crippen LogP contribution in [0.3, 0.4) is 0 Å². The molecule has 0 unspecified atom stereocenters. The largest absolute Gasteiger partial charge is 0.452 e. The molecule has 148 valence electrons. The Bertz CT molecular complexity index is 779. The molecule has 3 rings (SSSR count). The van der Waals surface area contributed by atoms with E-state index >= 15 is 0 Å². The molecule has 0 atom stereocenters. The molecule has 0 bridgehead atoms. The fourth-order valence-corrected chi connectivity index (χ4v) is 4.45. The van der Waals surface area contributed by atoms with Crippen molar-refractivity contribution in [2.45, 2.75) is 62.4 Å². The van der Waals surface area contributed by atoms with E-state index in [1.54, 1.807) is 0 Å². The number of hydrogen-bond acceptors (Lipinski definition) is 5. The first kappa shape index (κ1) is 19.8. The Balaban J connectivity index is 1.47. The Morgan fingerprint density at radius 3 is 2.19 bits per heavy atom. The minimum absolute atomic E-state index is 0.0190. The molecule has 8 heteroatoms. The molecule has 1 aromatic carbocycles. The SMILES string of the molecule is CC1CCC(NC(=O)COC(=O)c2ccc(S(=O)(=O)NC3CC3)cc2)CC1. The number of hydrogen-bond donors (Lipinski definition) is 2. The molecular weight excluding hydrogens is 368 g/mol. The standard InChI is InChI=1S/C19H26N2O5S/c1-13-2-6-15(7-3-13)20-18(22)12-26-19(23)14-4-10-17(11-5-14)27(24,25)21-16-8-9-16/h4-5,10-11,13,15-16,21H,2-3,6-9,12H2,1H3,(H,20,22). The van der Waals surface area contributed by atoms with Gasteiger partial charge in [-0.2, -0.15) is 0 Å². The van der Waals surface area contributed by atoms with Crippen molar-refractivity contribution < 1.29 is 22.7 Å². The molecule has 1 amide bonds.